The average Bonchev–Trinajstić information content (AvgIpc) is 2.19. The summed E-state index contributed by atoms with van der Waals surface area (Å²) in [5, 5.41) is 8.68. The molecule has 3 rings (SSSR count). The first kappa shape index (κ1) is 8.89. The van der Waals surface area contributed by atoms with Gasteiger partial charge in [0, 0.05) is 5.92 Å². The second-order valence-corrected chi connectivity index (χ2v) is 3.22. The molecule has 3 N–H and O–H groups in total. The van der Waals surface area contributed by atoms with Gasteiger partial charge in [-0.1, -0.05) is 0 Å². The third-order valence-corrected chi connectivity index (χ3v) is 2.21. The van der Waals surface area contributed by atoms with Crippen LogP contribution in [0, 0.1) is 5.92 Å². The summed E-state index contributed by atoms with van der Waals surface area (Å²) >= 11 is 0. The van der Waals surface area contributed by atoms with Crippen LogP contribution in [-0.2, 0) is 19.0 Å². The highest BCUT2D eigenvalue weighted by molar-refractivity contribution is 5.74. The molecule has 3 saturated heterocycles. The first-order chi connectivity index (χ1) is 6.14. The van der Waals surface area contributed by atoms with E-state index in [9.17, 15) is 4.79 Å². The fourth-order valence-electron chi connectivity index (χ4n) is 1.39. The Balaban J connectivity index is 2.14. The minimum absolute atomic E-state index is 0.197. The van der Waals surface area contributed by atoms with Crippen molar-refractivity contribution in [1.82, 2.24) is 0 Å². The van der Waals surface area contributed by atoms with Crippen LogP contribution < -0.4 is 5.73 Å². The highest BCUT2D eigenvalue weighted by Gasteiger charge is 2.52. The summed E-state index contributed by atoms with van der Waals surface area (Å²) in [6.07, 6.45) is 0. The largest absolute Gasteiger partial charge is 0.480 e. The van der Waals surface area contributed by atoms with Crippen LogP contribution in [0.1, 0.15) is 0 Å². The lowest BCUT2D eigenvalue weighted by molar-refractivity contribution is -0.451. The Morgan fingerprint density at radius 1 is 1.38 bits per heavy atom. The van der Waals surface area contributed by atoms with Gasteiger partial charge in [-0.25, -0.2) is 0 Å². The van der Waals surface area contributed by atoms with E-state index in [1.807, 2.05) is 0 Å². The number of hydrogen-bond acceptors (Lipinski definition) is 5. The van der Waals surface area contributed by atoms with Crippen molar-refractivity contribution in [3.63, 3.8) is 0 Å². The van der Waals surface area contributed by atoms with Gasteiger partial charge in [-0.05, 0) is 0 Å². The van der Waals surface area contributed by atoms with Crippen LogP contribution in [0.25, 0.3) is 0 Å². The maximum Gasteiger partial charge on any atom is 0.328 e. The van der Waals surface area contributed by atoms with Gasteiger partial charge in [-0.3, -0.25) is 4.79 Å². The molecule has 6 nitrogen and oxygen atoms in total. The van der Waals surface area contributed by atoms with Crippen LogP contribution in [0.2, 0.25) is 0 Å². The summed E-state index contributed by atoms with van der Waals surface area (Å²) in [4.78, 5) is 10.6. The van der Waals surface area contributed by atoms with Crippen LogP contribution in [0.3, 0.4) is 0 Å². The molecule has 0 aliphatic carbocycles. The SMILES string of the molecule is NC(C(=O)O)C12OCC(CO1)CO2. The van der Waals surface area contributed by atoms with Crippen LogP contribution >= 0.6 is 0 Å². The molecule has 0 aromatic heterocycles. The molecule has 0 spiro atoms. The smallest absolute Gasteiger partial charge is 0.328 e. The number of hydrogen-bond donors (Lipinski definition) is 2. The molecule has 13 heavy (non-hydrogen) atoms. The van der Waals surface area contributed by atoms with E-state index in [1.165, 1.54) is 0 Å². The molecule has 0 aromatic carbocycles. The van der Waals surface area contributed by atoms with Gasteiger partial charge < -0.3 is 25.1 Å². The van der Waals surface area contributed by atoms with Gasteiger partial charge in [0.15, 0.2) is 6.04 Å². The molecule has 2 bridgehead atoms. The van der Waals surface area contributed by atoms with Gasteiger partial charge in [-0.2, -0.15) is 0 Å². The molecule has 3 aliphatic rings. The highest BCUT2D eigenvalue weighted by Crippen LogP contribution is 2.32. The monoisotopic (exact) mass is 189 g/mol. The zero-order valence-electron chi connectivity index (χ0n) is 6.93. The summed E-state index contributed by atoms with van der Waals surface area (Å²) in [5.74, 6) is -2.55. The van der Waals surface area contributed by atoms with Crippen molar-refractivity contribution >= 4 is 5.97 Å². The Labute approximate surface area is 74.6 Å². The number of carbonyl (C=O) groups is 1. The topological polar surface area (TPSA) is 91.0 Å². The second-order valence-electron chi connectivity index (χ2n) is 3.22. The third kappa shape index (κ3) is 1.31. The third-order valence-electron chi connectivity index (χ3n) is 2.21. The van der Waals surface area contributed by atoms with E-state index in [2.05, 4.69) is 0 Å². The lowest BCUT2D eigenvalue weighted by atomic mass is 10.1. The number of aliphatic carboxylic acids is 1. The molecule has 0 amide bonds. The fourth-order valence-corrected chi connectivity index (χ4v) is 1.39. The van der Waals surface area contributed by atoms with E-state index in [1.54, 1.807) is 0 Å². The summed E-state index contributed by atoms with van der Waals surface area (Å²) in [6, 6.07) is -1.30. The molecule has 1 unspecified atom stereocenters. The maximum atomic E-state index is 10.6. The molecule has 3 fully saturated rings. The Morgan fingerprint density at radius 2 is 1.85 bits per heavy atom. The van der Waals surface area contributed by atoms with Crippen molar-refractivity contribution in [2.24, 2.45) is 11.7 Å². The van der Waals surface area contributed by atoms with Crippen LogP contribution in [0.4, 0.5) is 0 Å². The Bertz CT molecular complexity index is 209. The zero-order valence-corrected chi connectivity index (χ0v) is 6.93. The molecule has 0 radical (unpaired) electrons. The van der Waals surface area contributed by atoms with E-state index >= 15 is 0 Å². The van der Waals surface area contributed by atoms with Gasteiger partial charge >= 0.3 is 11.9 Å². The van der Waals surface area contributed by atoms with E-state index in [0.717, 1.165) is 0 Å². The maximum absolute atomic E-state index is 10.6. The average molecular weight is 189 g/mol. The Hall–Kier alpha value is -0.690. The normalized spacial score (nSPS) is 40.2. The molecular weight excluding hydrogens is 178 g/mol. The second kappa shape index (κ2) is 2.91. The van der Waals surface area contributed by atoms with Crippen LogP contribution in [-0.4, -0.2) is 42.9 Å². The van der Waals surface area contributed by atoms with Gasteiger partial charge in [0.25, 0.3) is 0 Å². The number of ether oxygens (including phenoxy) is 3. The fraction of sp³-hybridized carbons (Fsp3) is 0.857. The van der Waals surface area contributed by atoms with E-state index in [0.29, 0.717) is 19.8 Å². The van der Waals surface area contributed by atoms with Gasteiger partial charge in [-0.15, -0.1) is 0 Å². The van der Waals surface area contributed by atoms with Gasteiger partial charge in [0.05, 0.1) is 19.8 Å². The van der Waals surface area contributed by atoms with Crippen molar-refractivity contribution in [2.45, 2.75) is 12.0 Å². The first-order valence-corrected chi connectivity index (χ1v) is 4.04. The number of fused-ring (bicyclic) bond motifs is 3. The van der Waals surface area contributed by atoms with Crippen molar-refractivity contribution in [3.8, 4) is 0 Å². The molecule has 3 heterocycles. The van der Waals surface area contributed by atoms with Crippen molar-refractivity contribution in [1.29, 1.82) is 0 Å². The van der Waals surface area contributed by atoms with E-state index in [-0.39, 0.29) is 5.92 Å². The van der Waals surface area contributed by atoms with Crippen LogP contribution in [0.15, 0.2) is 0 Å². The summed E-state index contributed by atoms with van der Waals surface area (Å²) in [5.41, 5.74) is 5.39. The minimum atomic E-state index is -1.55. The number of rotatable bonds is 2. The first-order valence-electron chi connectivity index (χ1n) is 4.04. The molecular formula is C7H11NO5. The van der Waals surface area contributed by atoms with Gasteiger partial charge in [0.2, 0.25) is 0 Å². The van der Waals surface area contributed by atoms with Gasteiger partial charge in [0.1, 0.15) is 0 Å². The van der Waals surface area contributed by atoms with E-state index in [4.69, 9.17) is 25.1 Å². The lowest BCUT2D eigenvalue weighted by Crippen LogP contribution is -2.65. The molecule has 0 aromatic rings. The molecule has 3 aliphatic heterocycles. The van der Waals surface area contributed by atoms with Crippen LogP contribution in [0.5, 0.6) is 0 Å². The number of carboxylic acid groups (broad SMARTS) is 1. The van der Waals surface area contributed by atoms with Crippen molar-refractivity contribution < 1.29 is 24.1 Å². The van der Waals surface area contributed by atoms with Crippen molar-refractivity contribution in [2.75, 3.05) is 19.8 Å². The quantitative estimate of drug-likeness (QED) is 0.563. The summed E-state index contributed by atoms with van der Waals surface area (Å²) < 4.78 is 15.4. The van der Waals surface area contributed by atoms with Crippen molar-refractivity contribution in [3.05, 3.63) is 0 Å². The lowest BCUT2D eigenvalue weighted by Gasteiger charge is -2.46. The Morgan fingerprint density at radius 3 is 2.23 bits per heavy atom. The Kier molecular flexibility index (Phi) is 1.99. The summed E-state index contributed by atoms with van der Waals surface area (Å²) in [6.45, 7) is 1.34. The highest BCUT2D eigenvalue weighted by atomic mass is 16.9. The molecule has 0 saturated carbocycles. The number of nitrogens with two attached hydrogens (primary N) is 1. The number of carboxylic acids is 1. The predicted molar refractivity (Wildman–Crippen MR) is 39.7 cm³/mol. The molecule has 1 atom stereocenters. The molecule has 74 valence electrons. The zero-order chi connectivity index (χ0) is 9.47. The minimum Gasteiger partial charge on any atom is -0.480 e. The van der Waals surface area contributed by atoms with E-state index < -0.39 is 18.0 Å². The summed E-state index contributed by atoms with van der Waals surface area (Å²) in [7, 11) is 0. The molecule has 6 heteroatoms. The standard InChI is InChI=1S/C7H11NO5/c8-5(6(9)10)7-11-1-4(2-12-7)3-13-7/h4-5H,1-3,8H2,(H,9,10). The predicted octanol–water partition coefficient (Wildman–Crippen LogP) is -1.25.